The molecule has 0 saturated carbocycles. The van der Waals surface area contributed by atoms with Crippen LogP contribution in [0.2, 0.25) is 0 Å². The molecule has 94 valence electrons. The number of phenols is 1. The molecule has 0 aliphatic carbocycles. The van der Waals surface area contributed by atoms with Gasteiger partial charge in [0.25, 0.3) is 0 Å². The fourth-order valence-corrected chi connectivity index (χ4v) is 1.71. The molecule has 0 bridgehead atoms. The molecule has 18 heavy (non-hydrogen) atoms. The quantitative estimate of drug-likeness (QED) is 0.680. The Morgan fingerprint density at radius 3 is 2.78 bits per heavy atom. The number of phenolic OH excluding ortho intramolecular Hbond substituents is 1. The summed E-state index contributed by atoms with van der Waals surface area (Å²) in [5.74, 6) is -1.18. The van der Waals surface area contributed by atoms with Crippen LogP contribution < -0.4 is 11.4 Å². The van der Waals surface area contributed by atoms with Crippen LogP contribution in [-0.2, 0) is 11.2 Å². The molecule has 0 amide bonds. The van der Waals surface area contributed by atoms with Crippen molar-refractivity contribution in [3.8, 4) is 5.75 Å². The van der Waals surface area contributed by atoms with Crippen molar-refractivity contribution in [3.63, 3.8) is 0 Å². The van der Waals surface area contributed by atoms with Gasteiger partial charge in [-0.2, -0.15) is 0 Å². The van der Waals surface area contributed by atoms with Gasteiger partial charge >= 0.3 is 11.6 Å². The fraction of sp³-hybridized carbons (Fsp3) is 0.167. The zero-order valence-electron chi connectivity index (χ0n) is 9.29. The first kappa shape index (κ1) is 12.1. The van der Waals surface area contributed by atoms with Gasteiger partial charge in [-0.15, -0.1) is 0 Å². The van der Waals surface area contributed by atoms with Crippen LogP contribution in [0.1, 0.15) is 5.56 Å². The normalized spacial score (nSPS) is 12.5. The molecule has 1 heterocycles. The molecule has 6 heteroatoms. The predicted octanol–water partition coefficient (Wildman–Crippen LogP) is 0.453. The predicted molar refractivity (Wildman–Crippen MR) is 63.5 cm³/mol. The Labute approximate surface area is 101 Å². The second-order valence-electron chi connectivity index (χ2n) is 3.92. The third-order valence-electron chi connectivity index (χ3n) is 2.57. The highest BCUT2D eigenvalue weighted by Gasteiger charge is 2.15. The summed E-state index contributed by atoms with van der Waals surface area (Å²) < 4.78 is 4.92. The highest BCUT2D eigenvalue weighted by Crippen LogP contribution is 2.22. The van der Waals surface area contributed by atoms with Gasteiger partial charge in [-0.3, -0.25) is 4.79 Å². The lowest BCUT2D eigenvalue weighted by Crippen LogP contribution is -2.32. The molecule has 0 aliphatic heterocycles. The van der Waals surface area contributed by atoms with E-state index in [2.05, 4.69) is 0 Å². The molecule has 0 aliphatic rings. The van der Waals surface area contributed by atoms with Crippen molar-refractivity contribution < 1.29 is 19.4 Å². The van der Waals surface area contributed by atoms with E-state index in [-0.39, 0.29) is 17.8 Å². The molecule has 0 radical (unpaired) electrons. The molecule has 1 atom stereocenters. The number of carbonyl (C=O) groups is 1. The third kappa shape index (κ3) is 2.33. The molecule has 2 rings (SSSR count). The molecule has 6 nitrogen and oxygen atoms in total. The molecule has 1 aromatic heterocycles. The molecule has 0 spiro atoms. The summed E-state index contributed by atoms with van der Waals surface area (Å²) in [5, 5.41) is 18.6. The first-order valence-corrected chi connectivity index (χ1v) is 5.21. The number of carboxylic acids is 1. The molecule has 0 fully saturated rings. The van der Waals surface area contributed by atoms with E-state index in [1.165, 1.54) is 18.2 Å². The van der Waals surface area contributed by atoms with Crippen LogP contribution in [0.4, 0.5) is 0 Å². The zero-order chi connectivity index (χ0) is 13.3. The van der Waals surface area contributed by atoms with Crippen LogP contribution in [0.3, 0.4) is 0 Å². The van der Waals surface area contributed by atoms with Gasteiger partial charge in [0.15, 0.2) is 0 Å². The van der Waals surface area contributed by atoms with Crippen molar-refractivity contribution in [3.05, 3.63) is 40.2 Å². The highest BCUT2D eigenvalue weighted by molar-refractivity contribution is 5.82. The van der Waals surface area contributed by atoms with Gasteiger partial charge in [0, 0.05) is 17.5 Å². The van der Waals surface area contributed by atoms with Gasteiger partial charge in [0.05, 0.1) is 0 Å². The zero-order valence-corrected chi connectivity index (χ0v) is 9.29. The van der Waals surface area contributed by atoms with Crippen molar-refractivity contribution in [2.24, 2.45) is 5.73 Å². The van der Waals surface area contributed by atoms with Crippen LogP contribution in [0.25, 0.3) is 11.0 Å². The highest BCUT2D eigenvalue weighted by atomic mass is 16.4. The Morgan fingerprint density at radius 2 is 2.11 bits per heavy atom. The van der Waals surface area contributed by atoms with Gasteiger partial charge in [0.1, 0.15) is 17.4 Å². The van der Waals surface area contributed by atoms with Crippen molar-refractivity contribution in [1.29, 1.82) is 0 Å². The second kappa shape index (κ2) is 4.50. The Hall–Kier alpha value is -2.34. The molecule has 4 N–H and O–H groups in total. The van der Waals surface area contributed by atoms with Crippen LogP contribution in [0.15, 0.2) is 33.5 Å². The summed E-state index contributed by atoms with van der Waals surface area (Å²) in [7, 11) is 0. The van der Waals surface area contributed by atoms with Crippen LogP contribution in [0.5, 0.6) is 5.75 Å². The third-order valence-corrected chi connectivity index (χ3v) is 2.57. The molecule has 1 aromatic carbocycles. The van der Waals surface area contributed by atoms with Gasteiger partial charge in [-0.1, -0.05) is 0 Å². The van der Waals surface area contributed by atoms with Crippen molar-refractivity contribution >= 4 is 16.9 Å². The maximum atomic E-state index is 11.3. The number of aliphatic carboxylic acids is 1. The Kier molecular flexibility index (Phi) is 3.03. The van der Waals surface area contributed by atoms with E-state index in [0.29, 0.717) is 10.9 Å². The van der Waals surface area contributed by atoms with E-state index in [1.54, 1.807) is 6.07 Å². The average molecular weight is 249 g/mol. The van der Waals surface area contributed by atoms with Crippen molar-refractivity contribution in [1.82, 2.24) is 0 Å². The van der Waals surface area contributed by atoms with E-state index < -0.39 is 17.6 Å². The minimum Gasteiger partial charge on any atom is -0.508 e. The average Bonchev–Trinajstić information content (AvgIpc) is 2.27. The van der Waals surface area contributed by atoms with E-state index in [4.69, 9.17) is 15.3 Å². The molecular formula is C12H11NO5. The topological polar surface area (TPSA) is 114 Å². The number of benzene rings is 1. The van der Waals surface area contributed by atoms with Gasteiger partial charge in [0.2, 0.25) is 0 Å². The Bertz CT molecular complexity index is 661. The van der Waals surface area contributed by atoms with Crippen molar-refractivity contribution in [2.75, 3.05) is 0 Å². The maximum Gasteiger partial charge on any atom is 0.336 e. The summed E-state index contributed by atoms with van der Waals surface area (Å²) in [4.78, 5) is 22.0. The molecular weight excluding hydrogens is 238 g/mol. The van der Waals surface area contributed by atoms with Gasteiger partial charge < -0.3 is 20.4 Å². The lowest BCUT2D eigenvalue weighted by Gasteiger charge is -2.08. The largest absolute Gasteiger partial charge is 0.508 e. The van der Waals surface area contributed by atoms with Gasteiger partial charge in [-0.25, -0.2) is 4.79 Å². The minimum atomic E-state index is -1.14. The van der Waals surface area contributed by atoms with Gasteiger partial charge in [-0.05, 0) is 24.1 Å². The second-order valence-corrected chi connectivity index (χ2v) is 3.92. The number of carboxylic acid groups (broad SMARTS) is 1. The number of rotatable bonds is 3. The first-order valence-electron chi connectivity index (χ1n) is 5.21. The molecule has 0 saturated heterocycles. The van der Waals surface area contributed by atoms with E-state index in [9.17, 15) is 14.7 Å². The maximum absolute atomic E-state index is 11.3. The summed E-state index contributed by atoms with van der Waals surface area (Å²) in [6, 6.07) is 4.40. The summed E-state index contributed by atoms with van der Waals surface area (Å²) in [6.45, 7) is 0. The smallest absolute Gasteiger partial charge is 0.336 e. The Morgan fingerprint density at radius 1 is 1.39 bits per heavy atom. The van der Waals surface area contributed by atoms with E-state index in [1.807, 2.05) is 0 Å². The first-order chi connectivity index (χ1) is 8.47. The number of aromatic hydroxyl groups is 1. The number of fused-ring (bicyclic) bond motifs is 1. The van der Waals surface area contributed by atoms with E-state index in [0.717, 1.165) is 0 Å². The number of nitrogens with two attached hydrogens (primary N) is 1. The standard InChI is InChI=1S/C12H11NO5/c13-9(12(16)17)3-6-4-11(15)18-10-5-7(14)1-2-8(6)10/h1-2,4-5,9,14H,3,13H2,(H,16,17)/t9-/m0/s1. The summed E-state index contributed by atoms with van der Waals surface area (Å²) in [5.41, 5.74) is 5.51. The summed E-state index contributed by atoms with van der Waals surface area (Å²) >= 11 is 0. The number of hydrogen-bond donors (Lipinski definition) is 3. The fourth-order valence-electron chi connectivity index (χ4n) is 1.71. The summed E-state index contributed by atoms with van der Waals surface area (Å²) in [6.07, 6.45) is 0.0161. The lowest BCUT2D eigenvalue weighted by atomic mass is 10.0. The van der Waals surface area contributed by atoms with Crippen LogP contribution in [-0.4, -0.2) is 22.2 Å². The minimum absolute atomic E-state index is 0.0161. The molecule has 0 unspecified atom stereocenters. The van der Waals surface area contributed by atoms with Crippen molar-refractivity contribution in [2.45, 2.75) is 12.5 Å². The SMILES string of the molecule is N[C@@H](Cc1cc(=O)oc2cc(O)ccc12)C(=O)O. The Balaban J connectivity index is 2.56. The van der Waals surface area contributed by atoms with Crippen LogP contribution in [0, 0.1) is 0 Å². The monoisotopic (exact) mass is 249 g/mol. The van der Waals surface area contributed by atoms with Crippen LogP contribution >= 0.6 is 0 Å². The lowest BCUT2D eigenvalue weighted by molar-refractivity contribution is -0.138. The molecule has 2 aromatic rings. The number of hydrogen-bond acceptors (Lipinski definition) is 5. The van der Waals surface area contributed by atoms with E-state index >= 15 is 0 Å².